The van der Waals surface area contributed by atoms with Crippen LogP contribution in [0.25, 0.3) is 0 Å². The lowest BCUT2D eigenvalue weighted by Crippen LogP contribution is -2.24. The number of nitrogens with one attached hydrogen (secondary N) is 1. The quantitative estimate of drug-likeness (QED) is 0.888. The van der Waals surface area contributed by atoms with Gasteiger partial charge in [-0.3, -0.25) is 4.98 Å². The molecular formula is C14H19N3O. The van der Waals surface area contributed by atoms with E-state index in [0.29, 0.717) is 11.5 Å². The minimum Gasteiger partial charge on any atom is -0.384 e. The fourth-order valence-electron chi connectivity index (χ4n) is 2.33. The molecule has 0 saturated carbocycles. The Morgan fingerprint density at radius 1 is 1.56 bits per heavy atom. The first-order valence-corrected chi connectivity index (χ1v) is 6.40. The first-order valence-electron chi connectivity index (χ1n) is 6.40. The second kappa shape index (κ2) is 5.83. The lowest BCUT2D eigenvalue weighted by molar-refractivity contribution is 0.0595. The highest BCUT2D eigenvalue weighted by molar-refractivity contribution is 5.59. The van der Waals surface area contributed by atoms with Crippen LogP contribution >= 0.6 is 0 Å². The lowest BCUT2D eigenvalue weighted by atomic mass is 10.0. The van der Waals surface area contributed by atoms with Crippen molar-refractivity contribution in [1.82, 2.24) is 4.98 Å². The Morgan fingerprint density at radius 2 is 2.39 bits per heavy atom. The molecule has 1 atom stereocenters. The Kier molecular flexibility index (Phi) is 4.16. The molecule has 1 unspecified atom stereocenters. The van der Waals surface area contributed by atoms with Gasteiger partial charge in [0, 0.05) is 18.8 Å². The summed E-state index contributed by atoms with van der Waals surface area (Å²) in [5, 5.41) is 12.5. The number of rotatable bonds is 3. The van der Waals surface area contributed by atoms with Gasteiger partial charge in [0.05, 0.1) is 23.6 Å². The molecule has 0 amide bonds. The van der Waals surface area contributed by atoms with Crippen LogP contribution in [0.4, 0.5) is 5.69 Å². The standard InChI is InChI=1S/C14H19N3O/c1-10-6-14(13(7-15)11(2)17-10)16-8-12-4-3-5-18-9-12/h6,12H,3-5,8-9H2,1-2H3,(H,16,17). The van der Waals surface area contributed by atoms with Crippen molar-refractivity contribution in [2.45, 2.75) is 26.7 Å². The topological polar surface area (TPSA) is 57.9 Å². The zero-order valence-corrected chi connectivity index (χ0v) is 11.0. The third-order valence-electron chi connectivity index (χ3n) is 3.28. The molecule has 0 spiro atoms. The maximum atomic E-state index is 9.17. The third kappa shape index (κ3) is 2.99. The normalized spacial score (nSPS) is 19.3. The number of ether oxygens (including phenoxy) is 1. The van der Waals surface area contributed by atoms with Crippen molar-refractivity contribution in [2.75, 3.05) is 25.1 Å². The molecule has 0 bridgehead atoms. The average molecular weight is 245 g/mol. The minimum atomic E-state index is 0.541. The van der Waals surface area contributed by atoms with E-state index in [-0.39, 0.29) is 0 Å². The van der Waals surface area contributed by atoms with Gasteiger partial charge in [-0.1, -0.05) is 0 Å². The van der Waals surface area contributed by atoms with E-state index in [1.807, 2.05) is 19.9 Å². The SMILES string of the molecule is Cc1cc(NCC2CCCOC2)c(C#N)c(C)n1. The van der Waals surface area contributed by atoms with Crippen LogP contribution in [0.15, 0.2) is 6.07 Å². The first-order chi connectivity index (χ1) is 8.70. The summed E-state index contributed by atoms with van der Waals surface area (Å²) in [7, 11) is 0. The summed E-state index contributed by atoms with van der Waals surface area (Å²) in [5.41, 5.74) is 3.28. The van der Waals surface area contributed by atoms with Crippen LogP contribution in [0.5, 0.6) is 0 Å². The minimum absolute atomic E-state index is 0.541. The highest BCUT2D eigenvalue weighted by atomic mass is 16.5. The molecule has 4 nitrogen and oxygen atoms in total. The van der Waals surface area contributed by atoms with E-state index in [1.165, 1.54) is 6.42 Å². The highest BCUT2D eigenvalue weighted by Crippen LogP contribution is 2.20. The highest BCUT2D eigenvalue weighted by Gasteiger charge is 2.15. The van der Waals surface area contributed by atoms with Gasteiger partial charge in [-0.2, -0.15) is 5.26 Å². The average Bonchev–Trinajstić information content (AvgIpc) is 2.37. The molecule has 1 aliphatic rings. The Labute approximate surface area is 108 Å². The fourth-order valence-corrected chi connectivity index (χ4v) is 2.33. The van der Waals surface area contributed by atoms with Crippen LogP contribution in [0.3, 0.4) is 0 Å². The molecule has 1 aliphatic heterocycles. The van der Waals surface area contributed by atoms with Crippen molar-refractivity contribution >= 4 is 5.69 Å². The number of nitrogens with zero attached hydrogens (tertiary/aromatic N) is 2. The van der Waals surface area contributed by atoms with Crippen molar-refractivity contribution in [3.05, 3.63) is 23.0 Å². The van der Waals surface area contributed by atoms with Crippen LogP contribution in [0, 0.1) is 31.1 Å². The smallest absolute Gasteiger partial charge is 0.103 e. The van der Waals surface area contributed by atoms with Crippen LogP contribution < -0.4 is 5.32 Å². The summed E-state index contributed by atoms with van der Waals surface area (Å²) in [6.07, 6.45) is 2.32. The number of hydrogen-bond acceptors (Lipinski definition) is 4. The van der Waals surface area contributed by atoms with Gasteiger partial charge < -0.3 is 10.1 Å². The largest absolute Gasteiger partial charge is 0.384 e. The van der Waals surface area contributed by atoms with E-state index in [1.54, 1.807) is 0 Å². The number of aromatic nitrogens is 1. The molecule has 96 valence electrons. The number of pyridine rings is 1. The molecule has 1 saturated heterocycles. The summed E-state index contributed by atoms with van der Waals surface area (Å²) in [5.74, 6) is 0.541. The van der Waals surface area contributed by atoms with Gasteiger partial charge in [0.2, 0.25) is 0 Å². The van der Waals surface area contributed by atoms with Crippen molar-refractivity contribution in [2.24, 2.45) is 5.92 Å². The van der Waals surface area contributed by atoms with Gasteiger partial charge >= 0.3 is 0 Å². The van der Waals surface area contributed by atoms with E-state index >= 15 is 0 Å². The third-order valence-corrected chi connectivity index (χ3v) is 3.28. The van der Waals surface area contributed by atoms with Crippen LogP contribution in [-0.4, -0.2) is 24.7 Å². The van der Waals surface area contributed by atoms with Crippen LogP contribution in [-0.2, 0) is 4.74 Å². The molecule has 0 radical (unpaired) electrons. The molecule has 4 heteroatoms. The van der Waals surface area contributed by atoms with Gasteiger partial charge in [-0.15, -0.1) is 0 Å². The summed E-state index contributed by atoms with van der Waals surface area (Å²) < 4.78 is 5.46. The fraction of sp³-hybridized carbons (Fsp3) is 0.571. The Balaban J connectivity index is 2.06. The monoisotopic (exact) mass is 245 g/mol. The van der Waals surface area contributed by atoms with Crippen molar-refractivity contribution in [3.63, 3.8) is 0 Å². The molecule has 0 aromatic carbocycles. The number of hydrogen-bond donors (Lipinski definition) is 1. The van der Waals surface area contributed by atoms with E-state index in [0.717, 1.165) is 43.3 Å². The van der Waals surface area contributed by atoms with Gasteiger partial charge in [-0.25, -0.2) is 0 Å². The summed E-state index contributed by atoms with van der Waals surface area (Å²) in [6, 6.07) is 4.16. The molecule has 2 rings (SSSR count). The lowest BCUT2D eigenvalue weighted by Gasteiger charge is -2.23. The van der Waals surface area contributed by atoms with Crippen molar-refractivity contribution in [3.8, 4) is 6.07 Å². The predicted octanol–water partition coefficient (Wildman–Crippen LogP) is 2.41. The van der Waals surface area contributed by atoms with Gasteiger partial charge in [0.1, 0.15) is 6.07 Å². The van der Waals surface area contributed by atoms with E-state index in [4.69, 9.17) is 4.74 Å². The second-order valence-electron chi connectivity index (χ2n) is 4.85. The first kappa shape index (κ1) is 12.8. The molecular weight excluding hydrogens is 226 g/mol. The van der Waals surface area contributed by atoms with E-state index in [9.17, 15) is 5.26 Å². The molecule has 1 fully saturated rings. The second-order valence-corrected chi connectivity index (χ2v) is 4.85. The van der Waals surface area contributed by atoms with Crippen LogP contribution in [0.2, 0.25) is 0 Å². The van der Waals surface area contributed by atoms with E-state index < -0.39 is 0 Å². The zero-order chi connectivity index (χ0) is 13.0. The molecule has 1 aromatic rings. The van der Waals surface area contributed by atoms with Crippen LogP contribution in [0.1, 0.15) is 29.8 Å². The Morgan fingerprint density at radius 3 is 3.06 bits per heavy atom. The van der Waals surface area contributed by atoms with E-state index in [2.05, 4.69) is 16.4 Å². The molecule has 18 heavy (non-hydrogen) atoms. The van der Waals surface area contributed by atoms with Gasteiger partial charge in [-0.05, 0) is 38.7 Å². The summed E-state index contributed by atoms with van der Waals surface area (Å²) in [4.78, 5) is 4.31. The van der Waals surface area contributed by atoms with Crippen molar-refractivity contribution < 1.29 is 4.74 Å². The molecule has 1 aromatic heterocycles. The number of aryl methyl sites for hydroxylation is 2. The number of nitriles is 1. The maximum Gasteiger partial charge on any atom is 0.103 e. The molecule has 2 heterocycles. The zero-order valence-electron chi connectivity index (χ0n) is 11.0. The Bertz CT molecular complexity index is 459. The maximum absolute atomic E-state index is 9.17. The number of anilines is 1. The van der Waals surface area contributed by atoms with Crippen molar-refractivity contribution in [1.29, 1.82) is 5.26 Å². The summed E-state index contributed by atoms with van der Waals surface area (Å²) in [6.45, 7) is 6.38. The Hall–Kier alpha value is -1.60. The predicted molar refractivity (Wildman–Crippen MR) is 70.5 cm³/mol. The van der Waals surface area contributed by atoms with Gasteiger partial charge in [0.15, 0.2) is 0 Å². The summed E-state index contributed by atoms with van der Waals surface area (Å²) >= 11 is 0. The molecule has 0 aliphatic carbocycles. The molecule has 1 N–H and O–H groups in total. The van der Waals surface area contributed by atoms with Gasteiger partial charge in [0.25, 0.3) is 0 Å².